The highest BCUT2D eigenvalue weighted by Crippen LogP contribution is 2.35. The molecule has 0 spiro atoms. The number of carboxylic acids is 1. The number of halogens is 4. The molecular weight excluding hydrogens is 496 g/mol. The van der Waals surface area contributed by atoms with E-state index < -0.39 is 29.7 Å². The molecule has 0 saturated heterocycles. The number of nitrogens with two attached hydrogens (primary N) is 2. The van der Waals surface area contributed by atoms with Crippen LogP contribution in [0.15, 0.2) is 72.3 Å². The van der Waals surface area contributed by atoms with Crippen molar-refractivity contribution in [3.63, 3.8) is 0 Å². The average molecular weight is 518 g/mol. The first kappa shape index (κ1) is 27.1. The van der Waals surface area contributed by atoms with Crippen LogP contribution in [0.3, 0.4) is 0 Å². The van der Waals surface area contributed by atoms with E-state index in [4.69, 9.17) is 16.2 Å². The van der Waals surface area contributed by atoms with E-state index in [2.05, 4.69) is 4.74 Å². The van der Waals surface area contributed by atoms with Crippen molar-refractivity contribution < 1.29 is 41.7 Å². The minimum absolute atomic E-state index is 0.0258. The molecule has 194 valence electrons. The largest absolute Gasteiger partial charge is 0.478 e. The number of ether oxygens (including phenoxy) is 2. The molecule has 3 aromatic rings. The summed E-state index contributed by atoms with van der Waals surface area (Å²) >= 11 is 0. The van der Waals surface area contributed by atoms with Crippen LogP contribution >= 0.6 is 0 Å². The quantitative estimate of drug-likeness (QED) is 0.114. The van der Waals surface area contributed by atoms with Gasteiger partial charge in [0, 0.05) is 30.3 Å². The van der Waals surface area contributed by atoms with Gasteiger partial charge in [0.05, 0.1) is 5.56 Å². The number of rotatable bonds is 9. The Kier molecular flexibility index (Phi) is 7.76. The number of hydrogen-bond donors (Lipinski definition) is 3. The number of aliphatic carboxylic acids is 1. The minimum Gasteiger partial charge on any atom is -0.478 e. The van der Waals surface area contributed by atoms with E-state index in [-0.39, 0.29) is 30.2 Å². The highest BCUT2D eigenvalue weighted by atomic mass is 19.3. The predicted molar refractivity (Wildman–Crippen MR) is 129 cm³/mol. The Morgan fingerprint density at radius 2 is 1.51 bits per heavy atom. The Labute approximate surface area is 208 Å². The molecule has 5 N–H and O–H groups in total. The normalized spacial score (nSPS) is 12.2. The maximum Gasteiger partial charge on any atom is 0.463 e. The van der Waals surface area contributed by atoms with Crippen LogP contribution in [0.5, 0.6) is 11.5 Å². The zero-order valence-corrected chi connectivity index (χ0v) is 19.4. The summed E-state index contributed by atoms with van der Waals surface area (Å²) in [5.41, 5.74) is 13.5. The molecule has 0 fully saturated rings. The third kappa shape index (κ3) is 7.00. The maximum absolute atomic E-state index is 13.3. The predicted octanol–water partition coefficient (Wildman–Crippen LogP) is 5.41. The highest BCUT2D eigenvalue weighted by molar-refractivity contribution is 5.93. The van der Waals surface area contributed by atoms with Crippen LogP contribution in [0, 0.1) is 0 Å². The summed E-state index contributed by atoms with van der Waals surface area (Å²) in [7, 11) is 0. The van der Waals surface area contributed by atoms with Gasteiger partial charge in [-0.2, -0.15) is 17.6 Å². The van der Waals surface area contributed by atoms with Crippen molar-refractivity contribution in [2.75, 3.05) is 11.5 Å². The standard InChI is InChI=1S/C26H22F4N2O5/c1-25(27,28)26(29,30)37-21-10-5-16(6-11-21)24(35)36-20-8-2-15(3-9-20)12-18(23(33)34)13-17-4-7-19(31)14-22(17)32/h2-12,14H,13,31-32H2,1H3,(H,33,34). The van der Waals surface area contributed by atoms with Gasteiger partial charge in [-0.25, -0.2) is 9.59 Å². The van der Waals surface area contributed by atoms with Gasteiger partial charge < -0.3 is 26.0 Å². The molecule has 0 aliphatic carbocycles. The molecule has 0 saturated carbocycles. The van der Waals surface area contributed by atoms with Crippen molar-refractivity contribution >= 4 is 29.4 Å². The van der Waals surface area contributed by atoms with E-state index in [1.165, 1.54) is 36.4 Å². The van der Waals surface area contributed by atoms with Crippen LogP contribution in [-0.2, 0) is 11.2 Å². The number of nitrogen functional groups attached to an aromatic ring is 2. The Balaban J connectivity index is 1.67. The first-order chi connectivity index (χ1) is 17.2. The molecule has 0 unspecified atom stereocenters. The fourth-order valence-corrected chi connectivity index (χ4v) is 3.06. The van der Waals surface area contributed by atoms with Crippen molar-refractivity contribution in [3.8, 4) is 11.5 Å². The summed E-state index contributed by atoms with van der Waals surface area (Å²) in [6.45, 7) is 0.0258. The lowest BCUT2D eigenvalue weighted by Gasteiger charge is -2.23. The van der Waals surface area contributed by atoms with Crippen molar-refractivity contribution in [3.05, 3.63) is 89.0 Å². The van der Waals surface area contributed by atoms with E-state index in [0.29, 0.717) is 22.5 Å². The maximum atomic E-state index is 13.3. The summed E-state index contributed by atoms with van der Waals surface area (Å²) in [6, 6.07) is 14.8. The third-order valence-corrected chi connectivity index (χ3v) is 5.10. The molecule has 3 rings (SSSR count). The van der Waals surface area contributed by atoms with Crippen molar-refractivity contribution in [2.45, 2.75) is 25.4 Å². The highest BCUT2D eigenvalue weighted by Gasteiger charge is 2.55. The van der Waals surface area contributed by atoms with Crippen molar-refractivity contribution in [2.24, 2.45) is 0 Å². The monoisotopic (exact) mass is 518 g/mol. The summed E-state index contributed by atoms with van der Waals surface area (Å²) in [4.78, 5) is 24.1. The molecule has 0 bridgehead atoms. The fourth-order valence-electron chi connectivity index (χ4n) is 3.06. The van der Waals surface area contributed by atoms with Gasteiger partial charge in [0.2, 0.25) is 0 Å². The smallest absolute Gasteiger partial charge is 0.463 e. The number of benzene rings is 3. The number of carbonyl (C=O) groups is 2. The van der Waals surface area contributed by atoms with Crippen LogP contribution < -0.4 is 20.9 Å². The van der Waals surface area contributed by atoms with Crippen LogP contribution in [0.1, 0.15) is 28.4 Å². The van der Waals surface area contributed by atoms with Gasteiger partial charge in [0.25, 0.3) is 0 Å². The third-order valence-electron chi connectivity index (χ3n) is 5.10. The van der Waals surface area contributed by atoms with Gasteiger partial charge in [0.1, 0.15) is 11.5 Å². The number of carboxylic acid groups (broad SMARTS) is 1. The van der Waals surface area contributed by atoms with Crippen molar-refractivity contribution in [1.29, 1.82) is 0 Å². The number of carbonyl (C=O) groups excluding carboxylic acids is 1. The summed E-state index contributed by atoms with van der Waals surface area (Å²) in [6.07, 6.45) is -3.23. The molecule has 0 radical (unpaired) electrons. The number of hydrogen-bond acceptors (Lipinski definition) is 6. The lowest BCUT2D eigenvalue weighted by atomic mass is 10.0. The van der Waals surface area contributed by atoms with Gasteiger partial charge in [-0.1, -0.05) is 18.2 Å². The van der Waals surface area contributed by atoms with Gasteiger partial charge >= 0.3 is 24.0 Å². The molecule has 3 aromatic carbocycles. The summed E-state index contributed by atoms with van der Waals surface area (Å²) < 4.78 is 61.8. The second-order valence-corrected chi connectivity index (χ2v) is 8.10. The lowest BCUT2D eigenvalue weighted by molar-refractivity contribution is -0.301. The van der Waals surface area contributed by atoms with Crippen LogP contribution in [0.2, 0.25) is 0 Å². The number of anilines is 2. The van der Waals surface area contributed by atoms with Gasteiger partial charge in [-0.3, -0.25) is 0 Å². The molecule has 0 aliphatic rings. The Hall–Kier alpha value is -4.54. The van der Waals surface area contributed by atoms with E-state index in [9.17, 15) is 32.3 Å². The molecule has 0 amide bonds. The zero-order chi connectivity index (χ0) is 27.4. The Morgan fingerprint density at radius 3 is 2.05 bits per heavy atom. The molecule has 0 heterocycles. The molecule has 37 heavy (non-hydrogen) atoms. The van der Waals surface area contributed by atoms with Crippen LogP contribution in [0.4, 0.5) is 28.9 Å². The Morgan fingerprint density at radius 1 is 0.919 bits per heavy atom. The second-order valence-electron chi connectivity index (χ2n) is 8.10. The fraction of sp³-hybridized carbons (Fsp3) is 0.154. The first-order valence-corrected chi connectivity index (χ1v) is 10.7. The summed E-state index contributed by atoms with van der Waals surface area (Å²) in [5, 5.41) is 9.57. The van der Waals surface area contributed by atoms with Crippen LogP contribution in [-0.4, -0.2) is 29.1 Å². The van der Waals surface area contributed by atoms with Crippen LogP contribution in [0.25, 0.3) is 6.08 Å². The topological polar surface area (TPSA) is 125 Å². The number of esters is 1. The van der Waals surface area contributed by atoms with Gasteiger partial charge in [-0.15, -0.1) is 0 Å². The average Bonchev–Trinajstić information content (AvgIpc) is 2.80. The van der Waals surface area contributed by atoms with Crippen molar-refractivity contribution in [1.82, 2.24) is 0 Å². The summed E-state index contributed by atoms with van der Waals surface area (Å²) in [5.74, 6) is -6.82. The molecule has 0 atom stereocenters. The molecule has 0 aromatic heterocycles. The first-order valence-electron chi connectivity index (χ1n) is 10.7. The van der Waals surface area contributed by atoms with E-state index in [1.54, 1.807) is 12.1 Å². The van der Waals surface area contributed by atoms with E-state index in [0.717, 1.165) is 24.3 Å². The lowest BCUT2D eigenvalue weighted by Crippen LogP contribution is -2.42. The van der Waals surface area contributed by atoms with Gasteiger partial charge in [-0.05, 0) is 65.7 Å². The van der Waals surface area contributed by atoms with Gasteiger partial charge in [0.15, 0.2) is 0 Å². The number of alkyl halides is 4. The molecular formula is C26H22F4N2O5. The molecule has 0 aliphatic heterocycles. The second kappa shape index (κ2) is 10.6. The Bertz CT molecular complexity index is 1320. The molecule has 7 nitrogen and oxygen atoms in total. The van der Waals surface area contributed by atoms with E-state index >= 15 is 0 Å². The molecule has 11 heteroatoms. The van der Waals surface area contributed by atoms with E-state index in [1.807, 2.05) is 0 Å². The minimum atomic E-state index is -4.73. The zero-order valence-electron chi connectivity index (χ0n) is 19.4. The SMILES string of the molecule is CC(F)(F)C(F)(F)Oc1ccc(C(=O)Oc2ccc(C=C(Cc3ccc(N)cc3N)C(=O)O)cc2)cc1.